The minimum Gasteiger partial charge on any atom is -0.481 e. The van der Waals surface area contributed by atoms with Crippen LogP contribution in [0.15, 0.2) is 4.99 Å². The van der Waals surface area contributed by atoms with E-state index in [1.165, 1.54) is 0 Å². The van der Waals surface area contributed by atoms with E-state index in [-0.39, 0.29) is 0 Å². The number of hydrogen-bond donors (Lipinski definition) is 2. The van der Waals surface area contributed by atoms with Crippen LogP contribution >= 0.6 is 0 Å². The predicted molar refractivity (Wildman–Crippen MR) is 41.1 cm³/mol. The topological polar surface area (TPSA) is 96.2 Å². The molecular weight excluding hydrogens is 166 g/mol. The van der Waals surface area contributed by atoms with Crippen LogP contribution in [0.5, 0.6) is 0 Å². The fraction of sp³-hybridized carbons (Fsp3) is 0.500. The Bertz CT molecular complexity index is 161. The standard InChI is InChI=1S/C4H7NO3.C2H4O2/c1-2-5-3-4(6)8-7;1-2(3)4/h3,7H,2H2,1H3;1H3,(H,3,4). The molecular formula is C6H11NO5. The van der Waals surface area contributed by atoms with Crippen molar-refractivity contribution in [3.05, 3.63) is 0 Å². The summed E-state index contributed by atoms with van der Waals surface area (Å²) in [6.45, 7) is 3.36. The largest absolute Gasteiger partial charge is 0.481 e. The van der Waals surface area contributed by atoms with E-state index in [1.807, 2.05) is 0 Å². The van der Waals surface area contributed by atoms with Gasteiger partial charge in [-0.05, 0) is 6.92 Å². The Morgan fingerprint density at radius 1 is 1.58 bits per heavy atom. The average molecular weight is 177 g/mol. The van der Waals surface area contributed by atoms with Crippen molar-refractivity contribution in [2.24, 2.45) is 4.99 Å². The molecule has 0 heterocycles. The van der Waals surface area contributed by atoms with Crippen LogP contribution in [0, 0.1) is 0 Å². The molecule has 2 N–H and O–H groups in total. The Balaban J connectivity index is 0. The first-order valence-corrected chi connectivity index (χ1v) is 3.09. The summed E-state index contributed by atoms with van der Waals surface area (Å²) in [5.41, 5.74) is 0. The smallest absolute Gasteiger partial charge is 0.383 e. The normalized spacial score (nSPS) is 8.58. The molecule has 0 aliphatic heterocycles. The van der Waals surface area contributed by atoms with Gasteiger partial charge in [0.2, 0.25) is 0 Å². The zero-order valence-corrected chi connectivity index (χ0v) is 6.85. The van der Waals surface area contributed by atoms with Gasteiger partial charge in [-0.2, -0.15) is 5.26 Å². The maximum absolute atomic E-state index is 9.95. The summed E-state index contributed by atoms with van der Waals surface area (Å²) < 4.78 is 0. The number of rotatable bonds is 2. The maximum atomic E-state index is 9.95. The minimum absolute atomic E-state index is 0.509. The Morgan fingerprint density at radius 3 is 2.25 bits per heavy atom. The number of carbonyl (C=O) groups excluding carboxylic acids is 1. The van der Waals surface area contributed by atoms with Crippen molar-refractivity contribution in [2.75, 3.05) is 6.54 Å². The molecule has 0 bridgehead atoms. The van der Waals surface area contributed by atoms with Crippen LogP contribution in [-0.4, -0.2) is 35.1 Å². The lowest BCUT2D eigenvalue weighted by Gasteiger charge is -1.82. The molecule has 0 atom stereocenters. The molecule has 0 aliphatic rings. The van der Waals surface area contributed by atoms with E-state index < -0.39 is 11.9 Å². The highest BCUT2D eigenvalue weighted by molar-refractivity contribution is 6.22. The molecule has 0 unspecified atom stereocenters. The van der Waals surface area contributed by atoms with E-state index in [0.717, 1.165) is 13.1 Å². The van der Waals surface area contributed by atoms with Crippen molar-refractivity contribution in [3.63, 3.8) is 0 Å². The zero-order valence-electron chi connectivity index (χ0n) is 6.85. The predicted octanol–water partition coefficient (Wildman–Crippen LogP) is 0.184. The molecule has 0 rings (SSSR count). The molecule has 0 aromatic carbocycles. The zero-order chi connectivity index (χ0) is 9.98. The summed E-state index contributed by atoms with van der Waals surface area (Å²) in [6, 6.07) is 0. The SMILES string of the molecule is CC(=O)O.CCN=CC(=O)OO. The quantitative estimate of drug-likeness (QED) is 0.356. The molecule has 0 aromatic rings. The van der Waals surface area contributed by atoms with Crippen LogP contribution in [0.2, 0.25) is 0 Å². The lowest BCUT2D eigenvalue weighted by molar-refractivity contribution is -0.225. The Morgan fingerprint density at radius 2 is 2.00 bits per heavy atom. The highest BCUT2D eigenvalue weighted by Crippen LogP contribution is 1.67. The van der Waals surface area contributed by atoms with E-state index in [9.17, 15) is 4.79 Å². The molecule has 0 radical (unpaired) electrons. The van der Waals surface area contributed by atoms with Gasteiger partial charge in [-0.1, -0.05) is 0 Å². The van der Waals surface area contributed by atoms with Crippen LogP contribution in [0.4, 0.5) is 0 Å². The Hall–Kier alpha value is -1.43. The first-order valence-electron chi connectivity index (χ1n) is 3.09. The first kappa shape index (κ1) is 13.2. The highest BCUT2D eigenvalue weighted by Gasteiger charge is 1.90. The number of aliphatic carboxylic acids is 1. The van der Waals surface area contributed by atoms with Crippen LogP contribution in [0.25, 0.3) is 0 Å². The molecule has 0 aliphatic carbocycles. The van der Waals surface area contributed by atoms with Crippen molar-refractivity contribution in [1.82, 2.24) is 0 Å². The summed E-state index contributed by atoms with van der Waals surface area (Å²) in [6.07, 6.45) is 0.917. The number of aliphatic imine (C=N–C) groups is 1. The van der Waals surface area contributed by atoms with Crippen molar-refractivity contribution < 1.29 is 24.8 Å². The van der Waals surface area contributed by atoms with Gasteiger partial charge in [0, 0.05) is 13.5 Å². The summed E-state index contributed by atoms with van der Waals surface area (Å²) in [5, 5.41) is 15.0. The van der Waals surface area contributed by atoms with Gasteiger partial charge in [0.1, 0.15) is 6.21 Å². The van der Waals surface area contributed by atoms with Crippen LogP contribution in [-0.2, 0) is 14.5 Å². The number of hydrogen-bond acceptors (Lipinski definition) is 5. The van der Waals surface area contributed by atoms with Crippen molar-refractivity contribution in [1.29, 1.82) is 0 Å². The molecule has 70 valence electrons. The summed E-state index contributed by atoms with van der Waals surface area (Å²) in [7, 11) is 0. The molecule has 6 nitrogen and oxygen atoms in total. The van der Waals surface area contributed by atoms with Crippen LogP contribution < -0.4 is 0 Å². The molecule has 0 saturated carbocycles. The van der Waals surface area contributed by atoms with E-state index in [2.05, 4.69) is 9.88 Å². The minimum atomic E-state index is -0.841. The number of nitrogens with zero attached hydrogens (tertiary/aromatic N) is 1. The molecule has 0 spiro atoms. The van der Waals surface area contributed by atoms with E-state index in [1.54, 1.807) is 6.92 Å². The molecule has 0 amide bonds. The van der Waals surface area contributed by atoms with E-state index in [4.69, 9.17) is 15.2 Å². The van der Waals surface area contributed by atoms with Crippen molar-refractivity contribution in [2.45, 2.75) is 13.8 Å². The maximum Gasteiger partial charge on any atom is 0.383 e. The van der Waals surface area contributed by atoms with E-state index in [0.29, 0.717) is 6.54 Å². The third kappa shape index (κ3) is 23.5. The number of carbonyl (C=O) groups is 2. The molecule has 12 heavy (non-hydrogen) atoms. The van der Waals surface area contributed by atoms with Gasteiger partial charge >= 0.3 is 5.97 Å². The lowest BCUT2D eigenvalue weighted by Crippen LogP contribution is -2.01. The van der Waals surface area contributed by atoms with Gasteiger partial charge in [0.15, 0.2) is 0 Å². The summed E-state index contributed by atoms with van der Waals surface area (Å²) in [4.78, 5) is 25.7. The lowest BCUT2D eigenvalue weighted by atomic mass is 10.7. The van der Waals surface area contributed by atoms with Crippen molar-refractivity contribution >= 4 is 18.2 Å². The number of carboxylic acid groups (broad SMARTS) is 1. The Kier molecular flexibility index (Phi) is 10.5. The average Bonchev–Trinajstić information content (AvgIpc) is 1.99. The van der Waals surface area contributed by atoms with Gasteiger partial charge in [-0.15, -0.1) is 0 Å². The fourth-order valence-corrected chi connectivity index (χ4v) is 0.189. The van der Waals surface area contributed by atoms with Crippen LogP contribution in [0.3, 0.4) is 0 Å². The second-order valence-corrected chi connectivity index (χ2v) is 1.56. The highest BCUT2D eigenvalue weighted by atomic mass is 17.1. The van der Waals surface area contributed by atoms with Gasteiger partial charge in [0.05, 0.1) is 0 Å². The van der Waals surface area contributed by atoms with E-state index >= 15 is 0 Å². The van der Waals surface area contributed by atoms with Gasteiger partial charge < -0.3 is 5.11 Å². The molecule has 0 aromatic heterocycles. The third-order valence-corrected chi connectivity index (χ3v) is 0.469. The fourth-order valence-electron chi connectivity index (χ4n) is 0.189. The first-order chi connectivity index (χ1) is 5.54. The van der Waals surface area contributed by atoms with Crippen molar-refractivity contribution in [3.8, 4) is 0 Å². The monoisotopic (exact) mass is 177 g/mol. The van der Waals surface area contributed by atoms with Crippen LogP contribution in [0.1, 0.15) is 13.8 Å². The number of carboxylic acids is 1. The van der Waals surface area contributed by atoms with Gasteiger partial charge in [0.25, 0.3) is 5.97 Å². The third-order valence-electron chi connectivity index (χ3n) is 0.469. The molecule has 0 saturated heterocycles. The second kappa shape index (κ2) is 9.57. The molecule has 0 fully saturated rings. The van der Waals surface area contributed by atoms with Gasteiger partial charge in [-0.25, -0.2) is 4.79 Å². The van der Waals surface area contributed by atoms with Gasteiger partial charge in [-0.3, -0.25) is 14.7 Å². The molecule has 6 heteroatoms. The summed E-state index contributed by atoms with van der Waals surface area (Å²) in [5.74, 6) is -1.67. The summed E-state index contributed by atoms with van der Waals surface area (Å²) >= 11 is 0. The second-order valence-electron chi connectivity index (χ2n) is 1.56. The Labute approximate surface area is 69.4 Å².